The minimum Gasteiger partial charge on any atom is -0.349 e. The normalized spacial score (nSPS) is 15.0. The molecule has 0 aliphatic heterocycles. The van der Waals surface area contributed by atoms with Crippen molar-refractivity contribution in [3.05, 3.63) is 65.7 Å². The van der Waals surface area contributed by atoms with Crippen molar-refractivity contribution in [2.45, 2.75) is 55.0 Å². The van der Waals surface area contributed by atoms with Crippen LogP contribution in [0.2, 0.25) is 0 Å². The number of nitrogens with one attached hydrogen (secondary N) is 1. The first-order valence-corrected chi connectivity index (χ1v) is 10.5. The molecule has 1 N–H and O–H groups in total. The molecular formula is C23H24N2OS. The minimum absolute atomic E-state index is 0.0197. The summed E-state index contributed by atoms with van der Waals surface area (Å²) in [7, 11) is 0. The Morgan fingerprint density at radius 1 is 1.04 bits per heavy atom. The average Bonchev–Trinajstić information content (AvgIpc) is 2.70. The van der Waals surface area contributed by atoms with Crippen LogP contribution in [0, 0.1) is 6.92 Å². The zero-order valence-electron chi connectivity index (χ0n) is 15.6. The molecule has 0 unspecified atom stereocenters. The summed E-state index contributed by atoms with van der Waals surface area (Å²) in [5.41, 5.74) is 2.82. The second-order valence-electron chi connectivity index (χ2n) is 7.25. The Morgan fingerprint density at radius 3 is 2.56 bits per heavy atom. The topological polar surface area (TPSA) is 42.0 Å². The van der Waals surface area contributed by atoms with Gasteiger partial charge in [0.2, 0.25) is 0 Å². The van der Waals surface area contributed by atoms with Crippen LogP contribution in [0.4, 0.5) is 0 Å². The van der Waals surface area contributed by atoms with E-state index in [-0.39, 0.29) is 5.91 Å². The fourth-order valence-corrected chi connectivity index (χ4v) is 4.46. The van der Waals surface area contributed by atoms with Gasteiger partial charge in [-0.15, -0.1) is 0 Å². The lowest BCUT2D eigenvalue weighted by Gasteiger charge is -2.23. The first kappa shape index (κ1) is 18.1. The van der Waals surface area contributed by atoms with Crippen LogP contribution in [-0.4, -0.2) is 16.9 Å². The van der Waals surface area contributed by atoms with Crippen LogP contribution in [0.1, 0.15) is 48.0 Å². The van der Waals surface area contributed by atoms with E-state index in [0.29, 0.717) is 6.04 Å². The molecule has 1 aliphatic rings. The number of fused-ring (bicyclic) bond motifs is 1. The first-order chi connectivity index (χ1) is 13.2. The number of rotatable bonds is 4. The highest BCUT2D eigenvalue weighted by molar-refractivity contribution is 7.99. The predicted molar refractivity (Wildman–Crippen MR) is 111 cm³/mol. The summed E-state index contributed by atoms with van der Waals surface area (Å²) in [6.07, 6.45) is 5.86. The molecule has 1 aromatic heterocycles. The van der Waals surface area contributed by atoms with E-state index >= 15 is 0 Å². The van der Waals surface area contributed by atoms with Gasteiger partial charge in [0.25, 0.3) is 5.91 Å². The van der Waals surface area contributed by atoms with Gasteiger partial charge >= 0.3 is 0 Å². The number of benzene rings is 2. The molecule has 0 spiro atoms. The molecule has 27 heavy (non-hydrogen) atoms. The van der Waals surface area contributed by atoms with Crippen molar-refractivity contribution in [2.24, 2.45) is 0 Å². The van der Waals surface area contributed by atoms with E-state index in [1.807, 2.05) is 30.3 Å². The highest BCUT2D eigenvalue weighted by Crippen LogP contribution is 2.30. The van der Waals surface area contributed by atoms with Gasteiger partial charge in [-0.05, 0) is 44.0 Å². The fourth-order valence-electron chi connectivity index (χ4n) is 3.63. The Morgan fingerprint density at radius 2 is 1.78 bits per heavy atom. The maximum Gasteiger partial charge on any atom is 0.252 e. The van der Waals surface area contributed by atoms with Crippen molar-refractivity contribution in [3.63, 3.8) is 0 Å². The molecule has 4 rings (SSSR count). The monoisotopic (exact) mass is 376 g/mol. The van der Waals surface area contributed by atoms with Gasteiger partial charge in [-0.3, -0.25) is 4.79 Å². The van der Waals surface area contributed by atoms with Crippen molar-refractivity contribution in [1.82, 2.24) is 10.3 Å². The average molecular weight is 377 g/mol. The van der Waals surface area contributed by atoms with Crippen LogP contribution in [0.15, 0.2) is 64.5 Å². The standard InChI is InChI=1S/C23H24N2OS/c1-16-11-13-18(14-12-16)27-22-15-20(19-9-5-6-10-21(19)25-22)23(26)24-17-7-3-2-4-8-17/h5-6,9-15,17H,2-4,7-8H2,1H3,(H,24,26). The van der Waals surface area contributed by atoms with Crippen molar-refractivity contribution in [1.29, 1.82) is 0 Å². The van der Waals surface area contributed by atoms with Crippen LogP contribution in [0.3, 0.4) is 0 Å². The Hall–Kier alpha value is -2.33. The quantitative estimate of drug-likeness (QED) is 0.630. The summed E-state index contributed by atoms with van der Waals surface area (Å²) in [5.74, 6) is 0.0197. The van der Waals surface area contributed by atoms with Gasteiger partial charge in [0.1, 0.15) is 5.03 Å². The van der Waals surface area contributed by atoms with E-state index in [1.54, 1.807) is 11.8 Å². The van der Waals surface area contributed by atoms with Gasteiger partial charge in [-0.1, -0.05) is 66.9 Å². The molecule has 1 aliphatic carbocycles. The van der Waals surface area contributed by atoms with Gasteiger partial charge < -0.3 is 5.32 Å². The third kappa shape index (κ3) is 4.33. The van der Waals surface area contributed by atoms with E-state index in [1.165, 1.54) is 24.8 Å². The maximum atomic E-state index is 13.0. The lowest BCUT2D eigenvalue weighted by atomic mass is 9.95. The predicted octanol–water partition coefficient (Wildman–Crippen LogP) is 5.76. The van der Waals surface area contributed by atoms with Crippen LogP contribution < -0.4 is 5.32 Å². The summed E-state index contributed by atoms with van der Waals surface area (Å²) >= 11 is 1.60. The Balaban J connectivity index is 1.65. The van der Waals surface area contributed by atoms with Gasteiger partial charge in [0.15, 0.2) is 0 Å². The van der Waals surface area contributed by atoms with Crippen LogP contribution in [0.5, 0.6) is 0 Å². The second-order valence-corrected chi connectivity index (χ2v) is 8.34. The van der Waals surface area contributed by atoms with Crippen LogP contribution >= 0.6 is 11.8 Å². The minimum atomic E-state index is 0.0197. The van der Waals surface area contributed by atoms with Gasteiger partial charge in [0.05, 0.1) is 11.1 Å². The van der Waals surface area contributed by atoms with Gasteiger partial charge in [0, 0.05) is 16.3 Å². The molecule has 3 aromatic rings. The van der Waals surface area contributed by atoms with Crippen molar-refractivity contribution >= 4 is 28.6 Å². The van der Waals surface area contributed by atoms with Crippen molar-refractivity contribution in [2.75, 3.05) is 0 Å². The van der Waals surface area contributed by atoms with Gasteiger partial charge in [-0.2, -0.15) is 0 Å². The molecule has 3 nitrogen and oxygen atoms in total. The number of nitrogens with zero attached hydrogens (tertiary/aromatic N) is 1. The lowest BCUT2D eigenvalue weighted by Crippen LogP contribution is -2.36. The number of amides is 1. The van der Waals surface area contributed by atoms with E-state index in [0.717, 1.165) is 39.2 Å². The van der Waals surface area contributed by atoms with E-state index < -0.39 is 0 Å². The summed E-state index contributed by atoms with van der Waals surface area (Å²) in [4.78, 5) is 18.9. The number of aromatic nitrogens is 1. The molecule has 0 radical (unpaired) electrons. The smallest absolute Gasteiger partial charge is 0.252 e. The zero-order chi connectivity index (χ0) is 18.6. The molecule has 1 fully saturated rings. The Bertz CT molecular complexity index is 946. The summed E-state index contributed by atoms with van der Waals surface area (Å²) in [6, 6.07) is 18.5. The number of aryl methyl sites for hydroxylation is 1. The molecule has 1 saturated carbocycles. The number of pyridine rings is 1. The maximum absolute atomic E-state index is 13.0. The summed E-state index contributed by atoms with van der Waals surface area (Å²) in [6.45, 7) is 2.08. The van der Waals surface area contributed by atoms with E-state index in [4.69, 9.17) is 4.98 Å². The van der Waals surface area contributed by atoms with Crippen LogP contribution in [-0.2, 0) is 0 Å². The van der Waals surface area contributed by atoms with Crippen molar-refractivity contribution in [3.8, 4) is 0 Å². The highest BCUT2D eigenvalue weighted by atomic mass is 32.2. The highest BCUT2D eigenvalue weighted by Gasteiger charge is 2.19. The largest absolute Gasteiger partial charge is 0.349 e. The molecule has 1 heterocycles. The molecular weight excluding hydrogens is 352 g/mol. The number of carbonyl (C=O) groups excluding carboxylic acids is 1. The molecule has 0 atom stereocenters. The molecule has 138 valence electrons. The lowest BCUT2D eigenvalue weighted by molar-refractivity contribution is 0.0929. The third-order valence-electron chi connectivity index (χ3n) is 5.12. The zero-order valence-corrected chi connectivity index (χ0v) is 16.4. The first-order valence-electron chi connectivity index (χ1n) is 9.64. The summed E-state index contributed by atoms with van der Waals surface area (Å²) < 4.78 is 0. The number of para-hydroxylation sites is 1. The Kier molecular flexibility index (Phi) is 5.44. The van der Waals surface area contributed by atoms with Gasteiger partial charge in [-0.25, -0.2) is 4.98 Å². The molecule has 0 bridgehead atoms. The Labute approximate surface area is 164 Å². The van der Waals surface area contributed by atoms with Crippen LogP contribution in [0.25, 0.3) is 10.9 Å². The second kappa shape index (κ2) is 8.13. The molecule has 1 amide bonds. The third-order valence-corrected chi connectivity index (χ3v) is 6.05. The number of hydrogen-bond acceptors (Lipinski definition) is 3. The molecule has 2 aromatic carbocycles. The van der Waals surface area contributed by atoms with Crippen molar-refractivity contribution < 1.29 is 4.79 Å². The van der Waals surface area contributed by atoms with E-state index in [2.05, 4.69) is 36.5 Å². The fraction of sp³-hybridized carbons (Fsp3) is 0.304. The van der Waals surface area contributed by atoms with E-state index in [9.17, 15) is 4.79 Å². The molecule has 4 heteroatoms. The summed E-state index contributed by atoms with van der Waals surface area (Å²) in [5, 5.41) is 5.02. The number of carbonyl (C=O) groups is 1. The SMILES string of the molecule is Cc1ccc(Sc2cc(C(=O)NC3CCCCC3)c3ccccc3n2)cc1. The number of hydrogen-bond donors (Lipinski definition) is 1. The molecule has 0 saturated heterocycles.